The van der Waals surface area contributed by atoms with Crippen molar-refractivity contribution < 1.29 is 33.3 Å². The molecule has 38 heavy (non-hydrogen) atoms. The fraction of sp³-hybridized carbons (Fsp3) is 0.333. The number of fused-ring (bicyclic) bond motifs is 2. The molecule has 1 N–H and O–H groups in total. The molecule has 6 rings (SSSR count). The van der Waals surface area contributed by atoms with Gasteiger partial charge in [-0.2, -0.15) is 0 Å². The predicted octanol–water partition coefficient (Wildman–Crippen LogP) is 6.01. The Labute approximate surface area is 219 Å². The molecule has 0 spiro atoms. The number of aliphatic carboxylic acids is 1. The van der Waals surface area contributed by atoms with E-state index in [9.17, 15) is 14.7 Å². The minimum absolute atomic E-state index is 0.130. The number of amides is 1. The number of hydrogen-bond donors (Lipinski definition) is 1. The Morgan fingerprint density at radius 1 is 1.11 bits per heavy atom. The standard InChI is InChI=1S/C30H28FNO6/c1-17(30(34)35)23-16-36-27-15-20(8-9-21(23)27)38-26-12-10-22-25(13-11-24(31)29(22)26)37-19-6-4-18(5-7-19)32-14-2-3-28(32)33/h4-9,11,13,15,17,23,26H,2-3,10,12,14,16H2,1H3,(H,34,35). The van der Waals surface area contributed by atoms with Gasteiger partial charge < -0.3 is 24.2 Å². The van der Waals surface area contributed by atoms with Crippen LogP contribution in [-0.4, -0.2) is 30.1 Å². The third kappa shape index (κ3) is 4.34. The summed E-state index contributed by atoms with van der Waals surface area (Å²) in [6, 6.07) is 15.8. The average Bonchev–Trinajstić information content (AvgIpc) is 3.64. The number of ether oxygens (including phenoxy) is 3. The van der Waals surface area contributed by atoms with Crippen LogP contribution in [0.25, 0.3) is 0 Å². The van der Waals surface area contributed by atoms with E-state index in [1.807, 2.05) is 30.3 Å². The quantitative estimate of drug-likeness (QED) is 0.413. The number of halogens is 1. The molecule has 7 nitrogen and oxygen atoms in total. The monoisotopic (exact) mass is 517 g/mol. The van der Waals surface area contributed by atoms with Crippen LogP contribution in [0.4, 0.5) is 10.1 Å². The second kappa shape index (κ2) is 9.67. The lowest BCUT2D eigenvalue weighted by molar-refractivity contribution is -0.142. The first kappa shape index (κ1) is 24.3. The van der Waals surface area contributed by atoms with Gasteiger partial charge >= 0.3 is 5.97 Å². The minimum Gasteiger partial charge on any atom is -0.492 e. The summed E-state index contributed by atoms with van der Waals surface area (Å²) in [4.78, 5) is 25.2. The molecule has 196 valence electrons. The SMILES string of the molecule is CC(C(=O)O)C1COc2cc(OC3CCc4c(Oc5ccc(N6CCCC6=O)cc5)ccc(F)c43)ccc21. The highest BCUT2D eigenvalue weighted by molar-refractivity contribution is 5.95. The van der Waals surface area contributed by atoms with Crippen LogP contribution in [0, 0.1) is 11.7 Å². The van der Waals surface area contributed by atoms with Crippen molar-refractivity contribution in [1.82, 2.24) is 0 Å². The summed E-state index contributed by atoms with van der Waals surface area (Å²) in [5.41, 5.74) is 2.96. The lowest BCUT2D eigenvalue weighted by atomic mass is 9.89. The Bertz CT molecular complexity index is 1400. The zero-order chi connectivity index (χ0) is 26.4. The molecule has 1 fully saturated rings. The summed E-state index contributed by atoms with van der Waals surface area (Å²) >= 11 is 0. The van der Waals surface area contributed by atoms with Gasteiger partial charge in [0.15, 0.2) is 0 Å². The van der Waals surface area contributed by atoms with Crippen molar-refractivity contribution in [3.63, 3.8) is 0 Å². The van der Waals surface area contributed by atoms with Crippen molar-refractivity contribution in [2.45, 2.75) is 44.6 Å². The lowest BCUT2D eigenvalue weighted by Gasteiger charge is -2.18. The van der Waals surface area contributed by atoms with Crippen molar-refractivity contribution in [3.05, 3.63) is 77.1 Å². The summed E-state index contributed by atoms with van der Waals surface area (Å²) in [6.07, 6.45) is 2.16. The van der Waals surface area contributed by atoms with Crippen LogP contribution in [-0.2, 0) is 16.0 Å². The summed E-state index contributed by atoms with van der Waals surface area (Å²) in [5.74, 6) is 0.497. The Kier molecular flexibility index (Phi) is 6.18. The number of benzene rings is 3. The number of carbonyl (C=O) groups excluding carboxylic acids is 1. The number of carbonyl (C=O) groups is 2. The summed E-state index contributed by atoms with van der Waals surface area (Å²) < 4.78 is 33.1. The summed E-state index contributed by atoms with van der Waals surface area (Å²) in [5, 5.41) is 9.37. The van der Waals surface area contributed by atoms with E-state index >= 15 is 4.39 Å². The molecule has 1 aliphatic carbocycles. The third-order valence-corrected chi connectivity index (χ3v) is 7.76. The van der Waals surface area contributed by atoms with Gasteiger partial charge in [0.2, 0.25) is 5.91 Å². The van der Waals surface area contributed by atoms with E-state index in [2.05, 4.69) is 0 Å². The first-order chi connectivity index (χ1) is 18.4. The van der Waals surface area contributed by atoms with E-state index in [-0.39, 0.29) is 17.6 Å². The zero-order valence-corrected chi connectivity index (χ0v) is 21.0. The lowest BCUT2D eigenvalue weighted by Crippen LogP contribution is -2.23. The summed E-state index contributed by atoms with van der Waals surface area (Å²) in [7, 11) is 0. The molecule has 3 unspecified atom stereocenters. The van der Waals surface area contributed by atoms with Crippen molar-refractivity contribution in [2.75, 3.05) is 18.1 Å². The van der Waals surface area contributed by atoms with E-state index in [1.54, 1.807) is 30.0 Å². The molecule has 3 aromatic carbocycles. The van der Waals surface area contributed by atoms with Gasteiger partial charge in [-0.3, -0.25) is 9.59 Å². The molecule has 2 aliphatic heterocycles. The van der Waals surface area contributed by atoms with E-state index in [0.717, 1.165) is 29.8 Å². The first-order valence-electron chi connectivity index (χ1n) is 12.9. The van der Waals surface area contributed by atoms with Gasteiger partial charge in [-0.25, -0.2) is 4.39 Å². The van der Waals surface area contributed by atoms with Gasteiger partial charge in [0, 0.05) is 47.3 Å². The van der Waals surface area contributed by atoms with Gasteiger partial charge in [0.05, 0.1) is 12.5 Å². The van der Waals surface area contributed by atoms with Crippen LogP contribution >= 0.6 is 0 Å². The molecular formula is C30H28FNO6. The number of hydrogen-bond acceptors (Lipinski definition) is 5. The van der Waals surface area contributed by atoms with Gasteiger partial charge in [0.25, 0.3) is 0 Å². The van der Waals surface area contributed by atoms with Crippen LogP contribution in [0.5, 0.6) is 23.0 Å². The van der Waals surface area contributed by atoms with Crippen LogP contribution in [0.2, 0.25) is 0 Å². The first-order valence-corrected chi connectivity index (χ1v) is 12.9. The highest BCUT2D eigenvalue weighted by Gasteiger charge is 2.34. The maximum absolute atomic E-state index is 15.0. The smallest absolute Gasteiger partial charge is 0.306 e. The molecule has 3 aromatic rings. The van der Waals surface area contributed by atoms with E-state index in [0.29, 0.717) is 54.4 Å². The van der Waals surface area contributed by atoms with Gasteiger partial charge in [-0.15, -0.1) is 0 Å². The molecule has 8 heteroatoms. The van der Waals surface area contributed by atoms with E-state index < -0.39 is 18.0 Å². The highest BCUT2D eigenvalue weighted by atomic mass is 19.1. The Morgan fingerprint density at radius 2 is 1.89 bits per heavy atom. The number of anilines is 1. The van der Waals surface area contributed by atoms with E-state index in [1.165, 1.54) is 6.07 Å². The van der Waals surface area contributed by atoms with Crippen LogP contribution in [0.1, 0.15) is 54.9 Å². The molecule has 2 heterocycles. The normalized spacial score (nSPS) is 20.6. The van der Waals surface area contributed by atoms with Crippen LogP contribution in [0.15, 0.2) is 54.6 Å². The van der Waals surface area contributed by atoms with Crippen molar-refractivity contribution in [3.8, 4) is 23.0 Å². The Morgan fingerprint density at radius 3 is 2.63 bits per heavy atom. The van der Waals surface area contributed by atoms with Gasteiger partial charge in [-0.1, -0.05) is 13.0 Å². The van der Waals surface area contributed by atoms with Crippen molar-refractivity contribution >= 4 is 17.6 Å². The molecule has 0 radical (unpaired) electrons. The molecule has 1 amide bonds. The number of carboxylic acids is 1. The largest absolute Gasteiger partial charge is 0.492 e. The fourth-order valence-corrected chi connectivity index (χ4v) is 5.64. The van der Waals surface area contributed by atoms with Crippen LogP contribution < -0.4 is 19.1 Å². The maximum Gasteiger partial charge on any atom is 0.306 e. The Balaban J connectivity index is 1.19. The molecule has 3 atom stereocenters. The minimum atomic E-state index is -0.861. The average molecular weight is 518 g/mol. The third-order valence-electron chi connectivity index (χ3n) is 7.76. The maximum atomic E-state index is 15.0. The molecule has 1 saturated heterocycles. The topological polar surface area (TPSA) is 85.3 Å². The predicted molar refractivity (Wildman–Crippen MR) is 138 cm³/mol. The van der Waals surface area contributed by atoms with Gasteiger partial charge in [0.1, 0.15) is 34.9 Å². The number of carboxylic acid groups (broad SMARTS) is 1. The molecule has 3 aliphatic rings. The van der Waals surface area contributed by atoms with Crippen molar-refractivity contribution in [1.29, 1.82) is 0 Å². The molecular weight excluding hydrogens is 489 g/mol. The molecule has 0 saturated carbocycles. The number of nitrogens with zero attached hydrogens (tertiary/aromatic N) is 1. The zero-order valence-electron chi connectivity index (χ0n) is 21.0. The van der Waals surface area contributed by atoms with Crippen molar-refractivity contribution in [2.24, 2.45) is 5.92 Å². The summed E-state index contributed by atoms with van der Waals surface area (Å²) in [6.45, 7) is 2.71. The second-order valence-electron chi connectivity index (χ2n) is 10.1. The van der Waals surface area contributed by atoms with Crippen LogP contribution in [0.3, 0.4) is 0 Å². The molecule has 0 aromatic heterocycles. The second-order valence-corrected chi connectivity index (χ2v) is 10.1. The molecule has 0 bridgehead atoms. The van der Waals surface area contributed by atoms with E-state index in [4.69, 9.17) is 14.2 Å². The Hall–Kier alpha value is -4.07. The van der Waals surface area contributed by atoms with Gasteiger partial charge in [-0.05, 0) is 61.7 Å². The number of rotatable bonds is 7. The highest BCUT2D eigenvalue weighted by Crippen LogP contribution is 2.45. The fourth-order valence-electron chi connectivity index (χ4n) is 5.64.